The van der Waals surface area contributed by atoms with Gasteiger partial charge < -0.3 is 14.8 Å². The quantitative estimate of drug-likeness (QED) is 0.449. The lowest BCUT2D eigenvalue weighted by Crippen LogP contribution is -2.15. The zero-order valence-corrected chi connectivity index (χ0v) is 19.4. The second kappa shape index (κ2) is 10.4. The third-order valence-corrected chi connectivity index (χ3v) is 6.05. The maximum Gasteiger partial charge on any atom is 0.341 e. The Labute approximate surface area is 196 Å². The first-order valence-corrected chi connectivity index (χ1v) is 11.6. The van der Waals surface area contributed by atoms with E-state index in [0.29, 0.717) is 5.69 Å². The molecule has 0 saturated heterocycles. The average molecular weight is 489 g/mol. The van der Waals surface area contributed by atoms with Crippen molar-refractivity contribution in [1.82, 2.24) is 0 Å². The van der Waals surface area contributed by atoms with Gasteiger partial charge in [-0.15, -0.1) is 0 Å². The number of amides is 1. The van der Waals surface area contributed by atoms with Crippen molar-refractivity contribution < 1.29 is 27.5 Å². The van der Waals surface area contributed by atoms with Crippen LogP contribution in [0.1, 0.15) is 27.6 Å². The first-order chi connectivity index (χ1) is 15.7. The lowest BCUT2D eigenvalue weighted by Gasteiger charge is -2.12. The molecule has 3 rings (SSSR count). The molecule has 10 heteroatoms. The Bertz CT molecular complexity index is 1290. The Kier molecular flexibility index (Phi) is 7.57. The molecule has 0 spiro atoms. The minimum absolute atomic E-state index is 0.00126. The SMILES string of the molecule is CCOC(=O)c1ccc(NC(=O)c2cccc(NS(=O)(=O)c3cccc(Cl)c3)c2)cc1OC. The van der Waals surface area contributed by atoms with Gasteiger partial charge in [-0.2, -0.15) is 0 Å². The van der Waals surface area contributed by atoms with Crippen molar-refractivity contribution >= 4 is 44.9 Å². The number of sulfonamides is 1. The van der Waals surface area contributed by atoms with Gasteiger partial charge in [-0.1, -0.05) is 23.7 Å². The normalized spacial score (nSPS) is 10.9. The number of carbonyl (C=O) groups is 2. The Balaban J connectivity index is 1.78. The van der Waals surface area contributed by atoms with Crippen LogP contribution in [0.25, 0.3) is 0 Å². The fourth-order valence-corrected chi connectivity index (χ4v) is 4.27. The predicted octanol–water partition coefficient (Wildman–Crippen LogP) is 4.58. The van der Waals surface area contributed by atoms with Gasteiger partial charge in [0.15, 0.2) is 0 Å². The molecule has 0 atom stereocenters. The topological polar surface area (TPSA) is 111 Å². The van der Waals surface area contributed by atoms with Crippen LogP contribution in [-0.2, 0) is 14.8 Å². The number of halogens is 1. The van der Waals surface area contributed by atoms with Crippen LogP contribution >= 0.6 is 11.6 Å². The zero-order chi connectivity index (χ0) is 24.0. The van der Waals surface area contributed by atoms with Crippen molar-refractivity contribution in [3.63, 3.8) is 0 Å². The van der Waals surface area contributed by atoms with Crippen LogP contribution in [0, 0.1) is 0 Å². The van der Waals surface area contributed by atoms with E-state index in [-0.39, 0.29) is 39.1 Å². The van der Waals surface area contributed by atoms with Gasteiger partial charge in [0.1, 0.15) is 11.3 Å². The molecule has 0 heterocycles. The first kappa shape index (κ1) is 24.1. The lowest BCUT2D eigenvalue weighted by atomic mass is 10.1. The molecule has 0 radical (unpaired) electrons. The summed E-state index contributed by atoms with van der Waals surface area (Å²) in [5.41, 5.74) is 1.04. The van der Waals surface area contributed by atoms with Gasteiger partial charge in [-0.25, -0.2) is 13.2 Å². The highest BCUT2D eigenvalue weighted by Gasteiger charge is 2.17. The summed E-state index contributed by atoms with van der Waals surface area (Å²) in [6.45, 7) is 1.92. The molecule has 0 aliphatic rings. The molecule has 33 heavy (non-hydrogen) atoms. The maximum absolute atomic E-state index is 12.7. The fourth-order valence-electron chi connectivity index (χ4n) is 2.92. The third kappa shape index (κ3) is 6.03. The van der Waals surface area contributed by atoms with Crippen LogP contribution in [0.4, 0.5) is 11.4 Å². The van der Waals surface area contributed by atoms with E-state index in [1.54, 1.807) is 25.1 Å². The second-order valence-electron chi connectivity index (χ2n) is 6.73. The minimum Gasteiger partial charge on any atom is -0.496 e. The van der Waals surface area contributed by atoms with Crippen molar-refractivity contribution in [2.75, 3.05) is 23.8 Å². The first-order valence-electron chi connectivity index (χ1n) is 9.78. The van der Waals surface area contributed by atoms with E-state index in [1.165, 1.54) is 55.6 Å². The highest BCUT2D eigenvalue weighted by molar-refractivity contribution is 7.92. The molecule has 0 aliphatic carbocycles. The van der Waals surface area contributed by atoms with Crippen molar-refractivity contribution in [3.8, 4) is 5.75 Å². The van der Waals surface area contributed by atoms with Crippen molar-refractivity contribution in [2.45, 2.75) is 11.8 Å². The van der Waals surface area contributed by atoms with E-state index < -0.39 is 21.9 Å². The lowest BCUT2D eigenvalue weighted by molar-refractivity contribution is 0.0522. The molecule has 8 nitrogen and oxygen atoms in total. The van der Waals surface area contributed by atoms with E-state index in [4.69, 9.17) is 21.1 Å². The Hall–Kier alpha value is -3.56. The number of ether oxygens (including phenoxy) is 2. The van der Waals surface area contributed by atoms with Gasteiger partial charge in [0, 0.05) is 28.0 Å². The van der Waals surface area contributed by atoms with Crippen molar-refractivity contribution in [2.24, 2.45) is 0 Å². The fraction of sp³-hybridized carbons (Fsp3) is 0.130. The van der Waals surface area contributed by atoms with Crippen molar-refractivity contribution in [3.05, 3.63) is 82.9 Å². The highest BCUT2D eigenvalue weighted by atomic mass is 35.5. The van der Waals surface area contributed by atoms with E-state index >= 15 is 0 Å². The van der Waals surface area contributed by atoms with E-state index in [0.717, 1.165) is 0 Å². The number of nitrogens with one attached hydrogen (secondary N) is 2. The second-order valence-corrected chi connectivity index (χ2v) is 8.85. The molecular weight excluding hydrogens is 468 g/mol. The summed E-state index contributed by atoms with van der Waals surface area (Å²) >= 11 is 5.88. The molecule has 0 fully saturated rings. The molecular formula is C23H21ClN2O6S. The molecule has 0 bridgehead atoms. The molecule has 2 N–H and O–H groups in total. The van der Waals surface area contributed by atoms with Crippen LogP contribution in [0.5, 0.6) is 5.75 Å². The summed E-state index contributed by atoms with van der Waals surface area (Å²) in [6.07, 6.45) is 0. The minimum atomic E-state index is -3.89. The third-order valence-electron chi connectivity index (χ3n) is 4.44. The monoisotopic (exact) mass is 488 g/mol. The summed E-state index contributed by atoms with van der Waals surface area (Å²) in [5.74, 6) is -0.772. The van der Waals surface area contributed by atoms with Crippen LogP contribution in [-0.4, -0.2) is 34.0 Å². The van der Waals surface area contributed by atoms with Gasteiger partial charge in [-0.3, -0.25) is 9.52 Å². The van der Waals surface area contributed by atoms with Gasteiger partial charge in [-0.05, 0) is 55.5 Å². The molecule has 0 saturated carbocycles. The van der Waals surface area contributed by atoms with Gasteiger partial charge >= 0.3 is 5.97 Å². The average Bonchev–Trinajstić information content (AvgIpc) is 2.79. The van der Waals surface area contributed by atoms with Gasteiger partial charge in [0.2, 0.25) is 0 Å². The maximum atomic E-state index is 12.7. The Morgan fingerprint density at radius 2 is 1.73 bits per heavy atom. The summed E-state index contributed by atoms with van der Waals surface area (Å²) in [6, 6.07) is 16.4. The van der Waals surface area contributed by atoms with Crippen LogP contribution in [0.2, 0.25) is 5.02 Å². The molecule has 0 unspecified atom stereocenters. The highest BCUT2D eigenvalue weighted by Crippen LogP contribution is 2.25. The summed E-state index contributed by atoms with van der Waals surface area (Å²) in [4.78, 5) is 24.7. The number of methoxy groups -OCH3 is 1. The van der Waals surface area contributed by atoms with Crippen LogP contribution in [0.15, 0.2) is 71.6 Å². The molecule has 0 aliphatic heterocycles. The van der Waals surface area contributed by atoms with E-state index in [2.05, 4.69) is 10.0 Å². The zero-order valence-electron chi connectivity index (χ0n) is 17.8. The smallest absolute Gasteiger partial charge is 0.341 e. The number of rotatable bonds is 8. The molecule has 0 aromatic heterocycles. The van der Waals surface area contributed by atoms with E-state index in [1.807, 2.05) is 0 Å². The largest absolute Gasteiger partial charge is 0.496 e. The predicted molar refractivity (Wildman–Crippen MR) is 126 cm³/mol. The van der Waals surface area contributed by atoms with Crippen LogP contribution < -0.4 is 14.8 Å². The number of benzene rings is 3. The summed E-state index contributed by atoms with van der Waals surface area (Å²) < 4.78 is 37.9. The number of carbonyl (C=O) groups excluding carboxylic acids is 2. The summed E-state index contributed by atoms with van der Waals surface area (Å²) in [5, 5.41) is 2.98. The summed E-state index contributed by atoms with van der Waals surface area (Å²) in [7, 11) is -2.49. The van der Waals surface area contributed by atoms with Crippen molar-refractivity contribution in [1.29, 1.82) is 0 Å². The van der Waals surface area contributed by atoms with Gasteiger partial charge in [0.25, 0.3) is 15.9 Å². The number of esters is 1. The van der Waals surface area contributed by atoms with Crippen LogP contribution in [0.3, 0.4) is 0 Å². The number of hydrogen-bond acceptors (Lipinski definition) is 6. The van der Waals surface area contributed by atoms with Gasteiger partial charge in [0.05, 0.1) is 18.6 Å². The Morgan fingerprint density at radius 1 is 0.970 bits per heavy atom. The number of hydrogen-bond donors (Lipinski definition) is 2. The molecule has 172 valence electrons. The standard InChI is InChI=1S/C23H21ClN2O6S/c1-3-32-23(28)20-11-10-17(14-21(20)31-2)25-22(27)15-6-4-8-18(12-15)26-33(29,30)19-9-5-7-16(24)13-19/h4-14,26H,3H2,1-2H3,(H,25,27). The molecule has 3 aromatic rings. The molecule has 3 aromatic carbocycles. The Morgan fingerprint density at radius 3 is 2.42 bits per heavy atom. The molecule has 1 amide bonds. The number of anilines is 2. The van der Waals surface area contributed by atoms with E-state index in [9.17, 15) is 18.0 Å².